The van der Waals surface area contributed by atoms with Crippen molar-refractivity contribution in [3.05, 3.63) is 0 Å². The Kier molecular flexibility index (Phi) is 4.85. The number of rotatable bonds is 3. The normalized spacial score (nSPS) is 31.5. The van der Waals surface area contributed by atoms with Crippen LogP contribution in [0.2, 0.25) is 0 Å². The van der Waals surface area contributed by atoms with Crippen molar-refractivity contribution in [1.29, 1.82) is 0 Å². The first-order valence-corrected chi connectivity index (χ1v) is 5.75. The summed E-state index contributed by atoms with van der Waals surface area (Å²) in [6.45, 7) is 2.28. The molecule has 1 aliphatic carbocycles. The monoisotopic (exact) mass is 200 g/mol. The Balaban J connectivity index is 2.53. The topological polar surface area (TPSA) is 49.5 Å². The molecule has 3 unspecified atom stereocenters. The Morgan fingerprint density at radius 1 is 1.36 bits per heavy atom. The molecule has 14 heavy (non-hydrogen) atoms. The average molecular weight is 200 g/mol. The van der Waals surface area contributed by atoms with Crippen LogP contribution in [0.4, 0.5) is 0 Å². The van der Waals surface area contributed by atoms with Gasteiger partial charge in [0.2, 0.25) is 0 Å². The van der Waals surface area contributed by atoms with Crippen molar-refractivity contribution in [1.82, 2.24) is 4.90 Å². The van der Waals surface area contributed by atoms with Crippen LogP contribution in [0.25, 0.3) is 0 Å². The summed E-state index contributed by atoms with van der Waals surface area (Å²) in [5, 5.41) is 9.11. The van der Waals surface area contributed by atoms with E-state index in [1.54, 1.807) is 0 Å². The molecular weight excluding hydrogens is 176 g/mol. The van der Waals surface area contributed by atoms with Crippen LogP contribution in [-0.2, 0) is 0 Å². The van der Waals surface area contributed by atoms with Crippen molar-refractivity contribution in [3.8, 4) is 0 Å². The molecule has 0 heterocycles. The molecule has 3 atom stereocenters. The lowest BCUT2D eigenvalue weighted by atomic mass is 10.0. The van der Waals surface area contributed by atoms with Gasteiger partial charge in [-0.05, 0) is 26.8 Å². The van der Waals surface area contributed by atoms with Crippen molar-refractivity contribution >= 4 is 0 Å². The van der Waals surface area contributed by atoms with E-state index in [0.717, 1.165) is 6.42 Å². The summed E-state index contributed by atoms with van der Waals surface area (Å²) in [6, 6.07) is 0.972. The number of aliphatic hydroxyl groups excluding tert-OH is 1. The third-order valence-electron chi connectivity index (χ3n) is 3.51. The number of hydrogen-bond donors (Lipinski definition) is 2. The quantitative estimate of drug-likeness (QED) is 0.667. The van der Waals surface area contributed by atoms with Gasteiger partial charge in [-0.3, -0.25) is 4.90 Å². The summed E-state index contributed by atoms with van der Waals surface area (Å²) in [7, 11) is 2.08. The van der Waals surface area contributed by atoms with Gasteiger partial charge < -0.3 is 10.8 Å². The van der Waals surface area contributed by atoms with Crippen LogP contribution in [0.3, 0.4) is 0 Å². The van der Waals surface area contributed by atoms with Crippen LogP contribution in [0.5, 0.6) is 0 Å². The van der Waals surface area contributed by atoms with Gasteiger partial charge in [0.15, 0.2) is 0 Å². The van der Waals surface area contributed by atoms with Gasteiger partial charge in [-0.25, -0.2) is 0 Å². The van der Waals surface area contributed by atoms with E-state index in [1.807, 2.05) is 0 Å². The summed E-state index contributed by atoms with van der Waals surface area (Å²) in [6.07, 6.45) is 6.17. The van der Waals surface area contributed by atoms with Crippen molar-refractivity contribution in [2.24, 2.45) is 5.73 Å². The van der Waals surface area contributed by atoms with Gasteiger partial charge in [-0.15, -0.1) is 0 Å². The minimum absolute atomic E-state index is 0.222. The van der Waals surface area contributed by atoms with E-state index in [1.165, 1.54) is 25.7 Å². The highest BCUT2D eigenvalue weighted by Crippen LogP contribution is 2.21. The first-order chi connectivity index (χ1) is 6.66. The van der Waals surface area contributed by atoms with Gasteiger partial charge >= 0.3 is 0 Å². The second kappa shape index (κ2) is 5.69. The molecule has 1 saturated carbocycles. The molecule has 0 aromatic heterocycles. The molecule has 1 aliphatic rings. The SMILES string of the molecule is CC(CO)N(C)C1CCCCCC1N. The number of aliphatic hydroxyl groups is 1. The fourth-order valence-electron chi connectivity index (χ4n) is 2.28. The van der Waals surface area contributed by atoms with Crippen LogP contribution in [-0.4, -0.2) is 41.8 Å². The zero-order valence-corrected chi connectivity index (χ0v) is 9.45. The maximum absolute atomic E-state index is 9.11. The van der Waals surface area contributed by atoms with Crippen LogP contribution in [0, 0.1) is 0 Å². The predicted molar refractivity (Wildman–Crippen MR) is 59.2 cm³/mol. The molecule has 1 fully saturated rings. The first kappa shape index (κ1) is 12.0. The second-order valence-corrected chi connectivity index (χ2v) is 4.57. The van der Waals surface area contributed by atoms with Crippen LogP contribution >= 0.6 is 0 Å². The smallest absolute Gasteiger partial charge is 0.0584 e. The molecule has 0 aliphatic heterocycles. The van der Waals surface area contributed by atoms with Crippen molar-refractivity contribution in [2.75, 3.05) is 13.7 Å². The van der Waals surface area contributed by atoms with Gasteiger partial charge in [-0.2, -0.15) is 0 Å². The molecule has 0 radical (unpaired) electrons. The van der Waals surface area contributed by atoms with Crippen LogP contribution in [0.1, 0.15) is 39.0 Å². The largest absolute Gasteiger partial charge is 0.395 e. The summed E-state index contributed by atoms with van der Waals surface area (Å²) in [5.74, 6) is 0. The molecule has 3 N–H and O–H groups in total. The zero-order chi connectivity index (χ0) is 10.6. The molecule has 0 saturated heterocycles. The van der Waals surface area contributed by atoms with E-state index >= 15 is 0 Å². The van der Waals surface area contributed by atoms with Gasteiger partial charge in [0.25, 0.3) is 0 Å². The van der Waals surface area contributed by atoms with Gasteiger partial charge in [0.05, 0.1) is 6.61 Å². The van der Waals surface area contributed by atoms with Crippen molar-refractivity contribution < 1.29 is 5.11 Å². The fourth-order valence-corrected chi connectivity index (χ4v) is 2.28. The summed E-state index contributed by atoms with van der Waals surface area (Å²) >= 11 is 0. The van der Waals surface area contributed by atoms with E-state index in [9.17, 15) is 0 Å². The Morgan fingerprint density at radius 2 is 2.00 bits per heavy atom. The number of likely N-dealkylation sites (N-methyl/N-ethyl adjacent to an activating group) is 1. The molecule has 0 aromatic rings. The van der Waals surface area contributed by atoms with E-state index in [2.05, 4.69) is 18.9 Å². The molecule has 1 rings (SSSR count). The summed E-state index contributed by atoms with van der Waals surface area (Å²) in [5.41, 5.74) is 6.15. The van der Waals surface area contributed by atoms with Gasteiger partial charge in [-0.1, -0.05) is 19.3 Å². The second-order valence-electron chi connectivity index (χ2n) is 4.57. The molecule has 0 amide bonds. The van der Waals surface area contributed by atoms with Gasteiger partial charge in [0.1, 0.15) is 0 Å². The Labute approximate surface area is 87.3 Å². The summed E-state index contributed by atoms with van der Waals surface area (Å²) < 4.78 is 0. The van der Waals surface area contributed by atoms with Gasteiger partial charge in [0, 0.05) is 18.1 Å². The first-order valence-electron chi connectivity index (χ1n) is 5.75. The molecule has 3 heteroatoms. The third kappa shape index (κ3) is 2.94. The lowest BCUT2D eigenvalue weighted by Gasteiger charge is -2.35. The lowest BCUT2D eigenvalue weighted by Crippen LogP contribution is -2.49. The Hall–Kier alpha value is -0.120. The standard InChI is InChI=1S/C11H24N2O/c1-9(8-14)13(2)11-7-5-3-4-6-10(11)12/h9-11,14H,3-8,12H2,1-2H3. The Bertz CT molecular complexity index is 163. The third-order valence-corrected chi connectivity index (χ3v) is 3.51. The average Bonchev–Trinajstić information content (AvgIpc) is 2.40. The number of hydrogen-bond acceptors (Lipinski definition) is 3. The van der Waals surface area contributed by atoms with Crippen molar-refractivity contribution in [3.63, 3.8) is 0 Å². The van der Waals surface area contributed by atoms with E-state index in [4.69, 9.17) is 10.8 Å². The van der Waals surface area contributed by atoms with E-state index < -0.39 is 0 Å². The molecule has 84 valence electrons. The number of nitrogens with zero attached hydrogens (tertiary/aromatic N) is 1. The molecule has 3 nitrogen and oxygen atoms in total. The maximum atomic E-state index is 9.11. The van der Waals surface area contributed by atoms with Crippen molar-refractivity contribution in [2.45, 2.75) is 57.2 Å². The lowest BCUT2D eigenvalue weighted by molar-refractivity contribution is 0.103. The molecule has 0 aromatic carbocycles. The number of nitrogens with two attached hydrogens (primary N) is 1. The summed E-state index contributed by atoms with van der Waals surface area (Å²) in [4.78, 5) is 2.25. The van der Waals surface area contributed by atoms with Crippen LogP contribution < -0.4 is 5.73 Å². The molecule has 0 spiro atoms. The highest BCUT2D eigenvalue weighted by molar-refractivity contribution is 4.85. The zero-order valence-electron chi connectivity index (χ0n) is 9.45. The Morgan fingerprint density at radius 3 is 2.64 bits per heavy atom. The van der Waals surface area contributed by atoms with E-state index in [0.29, 0.717) is 6.04 Å². The molecular formula is C11H24N2O. The minimum atomic E-state index is 0.222. The molecule has 0 bridgehead atoms. The van der Waals surface area contributed by atoms with Crippen LogP contribution in [0.15, 0.2) is 0 Å². The predicted octanol–water partition coefficient (Wildman–Crippen LogP) is 0.959. The minimum Gasteiger partial charge on any atom is -0.395 e. The highest BCUT2D eigenvalue weighted by atomic mass is 16.3. The highest BCUT2D eigenvalue weighted by Gasteiger charge is 2.26. The van der Waals surface area contributed by atoms with E-state index in [-0.39, 0.29) is 18.7 Å². The fraction of sp³-hybridized carbons (Fsp3) is 1.00. The maximum Gasteiger partial charge on any atom is 0.0584 e.